The van der Waals surface area contributed by atoms with Crippen molar-refractivity contribution in [3.63, 3.8) is 0 Å². The maximum absolute atomic E-state index is 11.3. The van der Waals surface area contributed by atoms with Crippen LogP contribution in [0.3, 0.4) is 0 Å². The predicted molar refractivity (Wildman–Crippen MR) is 148 cm³/mol. The van der Waals surface area contributed by atoms with E-state index in [-0.39, 0.29) is 29.9 Å². The van der Waals surface area contributed by atoms with Gasteiger partial charge in [0.25, 0.3) is 0 Å². The molecule has 0 spiro atoms. The maximum Gasteiger partial charge on any atom is 0.217 e. The van der Waals surface area contributed by atoms with Crippen molar-refractivity contribution in [2.24, 2.45) is 22.6 Å². The van der Waals surface area contributed by atoms with Crippen molar-refractivity contribution < 1.29 is 4.79 Å². The first-order valence-electron chi connectivity index (χ1n) is 12.7. The van der Waals surface area contributed by atoms with Gasteiger partial charge in [-0.2, -0.15) is 0 Å². The van der Waals surface area contributed by atoms with E-state index >= 15 is 0 Å². The number of nitrogens with two attached hydrogens (primary N) is 1. The fourth-order valence-electron chi connectivity index (χ4n) is 5.13. The van der Waals surface area contributed by atoms with Gasteiger partial charge in [-0.25, -0.2) is 0 Å². The summed E-state index contributed by atoms with van der Waals surface area (Å²) < 4.78 is 0. The van der Waals surface area contributed by atoms with Crippen LogP contribution in [0.15, 0.2) is 35.3 Å². The molecule has 0 bridgehead atoms. The molecule has 1 amide bonds. The molecule has 3 rings (SSSR count). The normalized spacial score (nSPS) is 20.3. The molecule has 2 aliphatic rings. The van der Waals surface area contributed by atoms with Gasteiger partial charge in [-0.1, -0.05) is 30.3 Å². The molecular weight excluding hydrogens is 525 g/mol. The summed E-state index contributed by atoms with van der Waals surface area (Å²) in [6.45, 7) is 9.40. The Hall–Kier alpha value is -1.35. The highest BCUT2D eigenvalue weighted by atomic mass is 127. The molecule has 6 nitrogen and oxygen atoms in total. The number of carbonyl (C=O) groups is 1. The highest BCUT2D eigenvalue weighted by Gasteiger charge is 2.23. The highest BCUT2D eigenvalue weighted by Crippen LogP contribution is 2.22. The van der Waals surface area contributed by atoms with Gasteiger partial charge >= 0.3 is 0 Å². The third kappa shape index (κ3) is 10.2. The van der Waals surface area contributed by atoms with E-state index in [1.165, 1.54) is 50.9 Å². The van der Waals surface area contributed by atoms with Gasteiger partial charge in [0.1, 0.15) is 0 Å². The van der Waals surface area contributed by atoms with E-state index in [9.17, 15) is 4.79 Å². The van der Waals surface area contributed by atoms with E-state index < -0.39 is 0 Å². The third-order valence-electron chi connectivity index (χ3n) is 6.86. The number of aliphatic imine (C=N–C) groups is 1. The molecule has 0 aromatic heterocycles. The number of guanidine groups is 1. The first-order valence-corrected chi connectivity index (χ1v) is 12.7. The van der Waals surface area contributed by atoms with Crippen LogP contribution in [0.25, 0.3) is 0 Å². The van der Waals surface area contributed by atoms with Gasteiger partial charge in [-0.15, -0.1) is 24.0 Å². The Balaban J connectivity index is 0.00000385. The molecule has 3 N–H and O–H groups in total. The summed E-state index contributed by atoms with van der Waals surface area (Å²) in [5, 5.41) is 3.44. The van der Waals surface area contributed by atoms with Gasteiger partial charge in [-0.3, -0.25) is 9.79 Å². The molecule has 1 aromatic carbocycles. The third-order valence-corrected chi connectivity index (χ3v) is 6.86. The largest absolute Gasteiger partial charge is 0.370 e. The van der Waals surface area contributed by atoms with E-state index in [1.807, 2.05) is 0 Å². The molecular formula is C26H44IN5O. The lowest BCUT2D eigenvalue weighted by atomic mass is 9.90. The number of amides is 1. The van der Waals surface area contributed by atoms with Crippen molar-refractivity contribution in [2.45, 2.75) is 58.3 Å². The predicted octanol–water partition coefficient (Wildman–Crippen LogP) is 3.89. The minimum absolute atomic E-state index is 0. The van der Waals surface area contributed by atoms with Crippen molar-refractivity contribution in [3.05, 3.63) is 35.9 Å². The minimum atomic E-state index is -0.192. The Morgan fingerprint density at radius 2 is 1.85 bits per heavy atom. The number of halogens is 1. The zero-order valence-corrected chi connectivity index (χ0v) is 22.7. The number of hydrogen-bond acceptors (Lipinski definition) is 3. The van der Waals surface area contributed by atoms with Crippen LogP contribution in [0.4, 0.5) is 0 Å². The molecule has 2 aliphatic heterocycles. The second-order valence-corrected chi connectivity index (χ2v) is 9.54. The summed E-state index contributed by atoms with van der Waals surface area (Å²) in [6.07, 6.45) is 8.86. The number of nitrogens with one attached hydrogen (secondary N) is 1. The van der Waals surface area contributed by atoms with E-state index in [1.54, 1.807) is 0 Å². The molecule has 1 atom stereocenters. The second-order valence-electron chi connectivity index (χ2n) is 9.54. The quantitative estimate of drug-likeness (QED) is 0.194. The number of nitrogens with zero attached hydrogens (tertiary/aromatic N) is 3. The number of likely N-dealkylation sites (tertiary alicyclic amines) is 2. The molecule has 186 valence electrons. The number of piperidine rings is 2. The minimum Gasteiger partial charge on any atom is -0.370 e. The van der Waals surface area contributed by atoms with Crippen LogP contribution >= 0.6 is 24.0 Å². The Labute approximate surface area is 217 Å². The fourth-order valence-corrected chi connectivity index (χ4v) is 5.13. The van der Waals surface area contributed by atoms with Crippen LogP contribution in [-0.2, 0) is 11.2 Å². The van der Waals surface area contributed by atoms with Crippen LogP contribution in [0.5, 0.6) is 0 Å². The van der Waals surface area contributed by atoms with Crippen LogP contribution in [0.2, 0.25) is 0 Å². The number of unbranched alkanes of at least 4 members (excludes halogenated alkanes) is 1. The molecule has 2 saturated heterocycles. The first-order chi connectivity index (χ1) is 15.6. The zero-order valence-electron chi connectivity index (χ0n) is 20.4. The summed E-state index contributed by atoms with van der Waals surface area (Å²) >= 11 is 0. The molecule has 1 aromatic rings. The average Bonchev–Trinajstić information content (AvgIpc) is 2.80. The van der Waals surface area contributed by atoms with Crippen molar-refractivity contribution in [2.75, 3.05) is 45.8 Å². The Kier molecular flexibility index (Phi) is 13.1. The molecule has 0 radical (unpaired) electrons. The smallest absolute Gasteiger partial charge is 0.217 e. The first kappa shape index (κ1) is 27.9. The number of primary amides is 1. The van der Waals surface area contributed by atoms with Crippen molar-refractivity contribution >= 4 is 35.8 Å². The van der Waals surface area contributed by atoms with E-state index in [2.05, 4.69) is 52.4 Å². The van der Waals surface area contributed by atoms with E-state index in [0.29, 0.717) is 12.3 Å². The van der Waals surface area contributed by atoms with Gasteiger partial charge in [0.05, 0.1) is 0 Å². The SMILES string of the molecule is CCNC(=NCCCCN1CCC(Cc2ccccc2)CC1)N1CCCC(CC(N)=O)C1.I. The Morgan fingerprint density at radius 3 is 2.55 bits per heavy atom. The molecule has 7 heteroatoms. The van der Waals surface area contributed by atoms with Gasteiger partial charge in [0.2, 0.25) is 5.91 Å². The van der Waals surface area contributed by atoms with Crippen LogP contribution < -0.4 is 11.1 Å². The van der Waals surface area contributed by atoms with E-state index in [0.717, 1.165) is 57.3 Å². The lowest BCUT2D eigenvalue weighted by Crippen LogP contribution is -2.47. The van der Waals surface area contributed by atoms with Gasteiger partial charge in [-0.05, 0) is 88.9 Å². The highest BCUT2D eigenvalue weighted by molar-refractivity contribution is 14.0. The molecule has 33 heavy (non-hydrogen) atoms. The zero-order chi connectivity index (χ0) is 22.6. The standard InChI is InChI=1S/C26H43N5O.HI/c1-2-28-26(31-16-8-11-24(21-31)20-25(27)32)29-14-6-7-15-30-17-12-23(13-18-30)19-22-9-4-3-5-10-22;/h3-5,9-10,23-24H,2,6-8,11-21H2,1H3,(H2,27,32)(H,28,29);1H. The summed E-state index contributed by atoms with van der Waals surface area (Å²) in [5.41, 5.74) is 6.89. The summed E-state index contributed by atoms with van der Waals surface area (Å²) in [6, 6.07) is 10.9. The van der Waals surface area contributed by atoms with Crippen LogP contribution in [-0.4, -0.2) is 67.5 Å². The topological polar surface area (TPSA) is 74.0 Å². The van der Waals surface area contributed by atoms with Crippen molar-refractivity contribution in [1.82, 2.24) is 15.1 Å². The Bertz CT molecular complexity index is 706. The van der Waals surface area contributed by atoms with Gasteiger partial charge in [0.15, 0.2) is 5.96 Å². The monoisotopic (exact) mass is 569 g/mol. The summed E-state index contributed by atoms with van der Waals surface area (Å²) in [7, 11) is 0. The second kappa shape index (κ2) is 15.5. The molecule has 2 heterocycles. The summed E-state index contributed by atoms with van der Waals surface area (Å²) in [5.74, 6) is 2.00. The lowest BCUT2D eigenvalue weighted by molar-refractivity contribution is -0.119. The van der Waals surface area contributed by atoms with Gasteiger partial charge < -0.3 is 20.9 Å². The fraction of sp³-hybridized carbons (Fsp3) is 0.692. The molecule has 0 saturated carbocycles. The van der Waals surface area contributed by atoms with Crippen LogP contribution in [0, 0.1) is 11.8 Å². The van der Waals surface area contributed by atoms with E-state index in [4.69, 9.17) is 10.7 Å². The lowest BCUT2D eigenvalue weighted by Gasteiger charge is -2.34. The number of carbonyl (C=O) groups excluding carboxylic acids is 1. The maximum atomic E-state index is 11.3. The number of hydrogen-bond donors (Lipinski definition) is 2. The van der Waals surface area contributed by atoms with Crippen molar-refractivity contribution in [1.29, 1.82) is 0 Å². The molecule has 1 unspecified atom stereocenters. The number of rotatable bonds is 10. The Morgan fingerprint density at radius 1 is 1.09 bits per heavy atom. The van der Waals surface area contributed by atoms with Gasteiger partial charge in [0, 0.05) is 32.6 Å². The molecule has 2 fully saturated rings. The summed E-state index contributed by atoms with van der Waals surface area (Å²) in [4.78, 5) is 21.1. The molecule has 0 aliphatic carbocycles. The van der Waals surface area contributed by atoms with Crippen LogP contribution in [0.1, 0.15) is 57.4 Å². The number of benzene rings is 1. The van der Waals surface area contributed by atoms with Crippen molar-refractivity contribution in [3.8, 4) is 0 Å². The average molecular weight is 570 g/mol.